The highest BCUT2D eigenvalue weighted by Gasteiger charge is 2.32. The van der Waals surface area contributed by atoms with Crippen LogP contribution in [-0.2, 0) is 0 Å². The van der Waals surface area contributed by atoms with Crippen LogP contribution in [0.25, 0.3) is 5.65 Å². The van der Waals surface area contributed by atoms with Crippen LogP contribution in [0.5, 0.6) is 0 Å². The Morgan fingerprint density at radius 2 is 2.12 bits per heavy atom. The van der Waals surface area contributed by atoms with Crippen LogP contribution in [0.15, 0.2) is 23.8 Å². The number of nitrogens with zero attached hydrogens (tertiary/aromatic N) is 5. The number of hydrogen-bond acceptors (Lipinski definition) is 5. The molecule has 124 valence electrons. The fraction of sp³-hybridized carbons (Fsp3) is 0.412. The molecule has 4 heterocycles. The lowest BCUT2D eigenvalue weighted by Gasteiger charge is -2.34. The second-order valence-corrected chi connectivity index (χ2v) is 7.12. The number of rotatable bonds is 2. The van der Waals surface area contributed by atoms with Crippen molar-refractivity contribution in [3.8, 4) is 0 Å². The molecule has 1 atom stereocenters. The molecule has 0 bridgehead atoms. The second-order valence-electron chi connectivity index (χ2n) is 6.23. The average Bonchev–Trinajstić information content (AvgIpc) is 3.20. The monoisotopic (exact) mass is 341 g/mol. The molecule has 1 unspecified atom stereocenters. The van der Waals surface area contributed by atoms with Crippen molar-refractivity contribution < 1.29 is 4.79 Å². The molecule has 0 radical (unpaired) electrons. The molecule has 1 amide bonds. The summed E-state index contributed by atoms with van der Waals surface area (Å²) in [5.41, 5.74) is 3.09. The summed E-state index contributed by atoms with van der Waals surface area (Å²) in [5.74, 6) is 0.000605. The molecule has 7 heteroatoms. The van der Waals surface area contributed by atoms with Crippen LogP contribution in [0.3, 0.4) is 0 Å². The van der Waals surface area contributed by atoms with E-state index in [0.29, 0.717) is 11.2 Å². The van der Waals surface area contributed by atoms with Crippen LogP contribution in [0.1, 0.15) is 52.1 Å². The van der Waals surface area contributed by atoms with Crippen molar-refractivity contribution in [2.24, 2.45) is 0 Å². The second kappa shape index (κ2) is 5.98. The third-order valence-corrected chi connectivity index (χ3v) is 5.49. The predicted molar refractivity (Wildman–Crippen MR) is 92.2 cm³/mol. The first-order chi connectivity index (χ1) is 11.6. The molecule has 6 nitrogen and oxygen atoms in total. The van der Waals surface area contributed by atoms with Crippen LogP contribution >= 0.6 is 11.3 Å². The van der Waals surface area contributed by atoms with E-state index in [1.807, 2.05) is 36.4 Å². The third kappa shape index (κ3) is 2.58. The lowest BCUT2D eigenvalue weighted by molar-refractivity contribution is 0.0613. The number of hydrogen-bond donors (Lipinski definition) is 0. The minimum atomic E-state index is 0.000605. The van der Waals surface area contributed by atoms with Crippen molar-refractivity contribution in [2.45, 2.75) is 39.2 Å². The topological polar surface area (TPSA) is 63.4 Å². The van der Waals surface area contributed by atoms with E-state index in [9.17, 15) is 4.79 Å². The summed E-state index contributed by atoms with van der Waals surface area (Å²) < 4.78 is 1.66. The van der Waals surface area contributed by atoms with Gasteiger partial charge in [0.05, 0.1) is 12.2 Å². The summed E-state index contributed by atoms with van der Waals surface area (Å²) in [6, 6.07) is 1.95. The maximum absolute atomic E-state index is 13.2. The van der Waals surface area contributed by atoms with E-state index in [-0.39, 0.29) is 11.9 Å². The van der Waals surface area contributed by atoms with Crippen LogP contribution in [-0.4, -0.2) is 36.9 Å². The Morgan fingerprint density at radius 3 is 2.92 bits per heavy atom. The summed E-state index contributed by atoms with van der Waals surface area (Å²) in [5, 5.41) is 7.35. The van der Waals surface area contributed by atoms with E-state index in [2.05, 4.69) is 15.1 Å². The molecule has 1 aliphatic rings. The van der Waals surface area contributed by atoms with Gasteiger partial charge >= 0.3 is 0 Å². The zero-order valence-corrected chi connectivity index (χ0v) is 14.6. The van der Waals surface area contributed by atoms with Gasteiger partial charge in [-0.3, -0.25) is 4.79 Å². The minimum Gasteiger partial charge on any atom is -0.329 e. The molecule has 0 aromatic carbocycles. The number of aromatic nitrogens is 4. The molecule has 3 aromatic rings. The van der Waals surface area contributed by atoms with E-state index >= 15 is 0 Å². The van der Waals surface area contributed by atoms with Crippen LogP contribution < -0.4 is 0 Å². The number of likely N-dealkylation sites (tertiary alicyclic amines) is 1. The van der Waals surface area contributed by atoms with Crippen molar-refractivity contribution in [1.29, 1.82) is 0 Å². The van der Waals surface area contributed by atoms with E-state index < -0.39 is 0 Å². The molecule has 0 spiro atoms. The Morgan fingerprint density at radius 1 is 1.25 bits per heavy atom. The fourth-order valence-corrected chi connectivity index (χ4v) is 4.16. The average molecular weight is 341 g/mol. The summed E-state index contributed by atoms with van der Waals surface area (Å²) >= 11 is 1.64. The molecule has 4 rings (SSSR count). The van der Waals surface area contributed by atoms with Gasteiger partial charge in [-0.15, -0.1) is 11.3 Å². The predicted octanol–water partition coefficient (Wildman–Crippen LogP) is 3.17. The molecule has 24 heavy (non-hydrogen) atoms. The molecule has 1 fully saturated rings. The molecule has 3 aromatic heterocycles. The Kier molecular flexibility index (Phi) is 3.80. The lowest BCUT2D eigenvalue weighted by atomic mass is 10.0. The quantitative estimate of drug-likeness (QED) is 0.718. The first-order valence-corrected chi connectivity index (χ1v) is 9.05. The Bertz CT molecular complexity index is 899. The van der Waals surface area contributed by atoms with Crippen molar-refractivity contribution >= 4 is 22.9 Å². The van der Waals surface area contributed by atoms with Gasteiger partial charge in [-0.05, 0) is 39.2 Å². The van der Waals surface area contributed by atoms with Crippen molar-refractivity contribution in [2.75, 3.05) is 6.54 Å². The number of aryl methyl sites for hydroxylation is 2. The summed E-state index contributed by atoms with van der Waals surface area (Å²) in [7, 11) is 0. The highest BCUT2D eigenvalue weighted by molar-refractivity contribution is 7.09. The zero-order valence-electron chi connectivity index (χ0n) is 13.8. The number of piperidine rings is 1. The van der Waals surface area contributed by atoms with Crippen molar-refractivity contribution in [3.63, 3.8) is 0 Å². The number of amides is 1. The van der Waals surface area contributed by atoms with E-state index in [1.165, 1.54) is 0 Å². The lowest BCUT2D eigenvalue weighted by Crippen LogP contribution is -2.38. The van der Waals surface area contributed by atoms with Gasteiger partial charge in [0.1, 0.15) is 10.6 Å². The smallest absolute Gasteiger partial charge is 0.259 e. The molecule has 1 saturated heterocycles. The van der Waals surface area contributed by atoms with Crippen LogP contribution in [0.2, 0.25) is 0 Å². The van der Waals surface area contributed by atoms with E-state index in [1.54, 1.807) is 22.0 Å². The van der Waals surface area contributed by atoms with Crippen LogP contribution in [0, 0.1) is 13.8 Å². The maximum Gasteiger partial charge on any atom is 0.259 e. The summed E-state index contributed by atoms with van der Waals surface area (Å²) in [6.45, 7) is 4.67. The van der Waals surface area contributed by atoms with Gasteiger partial charge in [0.25, 0.3) is 5.91 Å². The Balaban J connectivity index is 1.71. The zero-order chi connectivity index (χ0) is 16.7. The van der Waals surface area contributed by atoms with Gasteiger partial charge in [0, 0.05) is 29.5 Å². The van der Waals surface area contributed by atoms with E-state index in [4.69, 9.17) is 0 Å². The summed E-state index contributed by atoms with van der Waals surface area (Å²) in [6.07, 6.45) is 6.58. The third-order valence-electron chi connectivity index (χ3n) is 4.42. The highest BCUT2D eigenvalue weighted by Crippen LogP contribution is 2.34. The number of carbonyl (C=O) groups excluding carboxylic acids is 1. The van der Waals surface area contributed by atoms with Gasteiger partial charge in [0.2, 0.25) is 0 Å². The fourth-order valence-electron chi connectivity index (χ4n) is 3.22. The molecular weight excluding hydrogens is 322 g/mol. The highest BCUT2D eigenvalue weighted by atomic mass is 32.1. The van der Waals surface area contributed by atoms with Crippen LogP contribution in [0.4, 0.5) is 0 Å². The SMILES string of the molecule is Cc1csc(C2CCCCN2C(=O)c2cnn3ccc(C)nc23)n1. The van der Waals surface area contributed by atoms with Gasteiger partial charge in [-0.25, -0.2) is 14.5 Å². The normalized spacial score (nSPS) is 18.2. The standard InChI is InChI=1S/C17H19N5OS/c1-11-6-8-22-15(19-11)13(9-18-22)17(23)21-7-4-3-5-14(21)16-20-12(2)10-24-16/h6,8-10,14H,3-5,7H2,1-2H3. The van der Waals surface area contributed by atoms with Crippen molar-refractivity contribution in [3.05, 3.63) is 45.8 Å². The Hall–Kier alpha value is -2.28. The number of carbonyl (C=O) groups is 1. The number of fused-ring (bicyclic) bond motifs is 1. The largest absolute Gasteiger partial charge is 0.329 e. The molecule has 1 aliphatic heterocycles. The van der Waals surface area contributed by atoms with Crippen molar-refractivity contribution in [1.82, 2.24) is 24.5 Å². The summed E-state index contributed by atoms with van der Waals surface area (Å²) in [4.78, 5) is 24.2. The van der Waals surface area contributed by atoms with Gasteiger partial charge in [-0.1, -0.05) is 0 Å². The van der Waals surface area contributed by atoms with Gasteiger partial charge in [-0.2, -0.15) is 5.10 Å². The first-order valence-electron chi connectivity index (χ1n) is 8.17. The molecule has 0 saturated carbocycles. The molecular formula is C17H19N5OS. The minimum absolute atomic E-state index is 0.000605. The Labute approximate surface area is 144 Å². The first kappa shape index (κ1) is 15.3. The van der Waals surface area contributed by atoms with E-state index in [0.717, 1.165) is 42.2 Å². The van der Waals surface area contributed by atoms with Gasteiger partial charge in [0.15, 0.2) is 5.65 Å². The van der Waals surface area contributed by atoms with Gasteiger partial charge < -0.3 is 4.90 Å². The molecule has 0 N–H and O–H groups in total. The number of thiazole rings is 1. The molecule has 0 aliphatic carbocycles. The maximum atomic E-state index is 13.2.